The van der Waals surface area contributed by atoms with Crippen LogP contribution in [0.5, 0.6) is 0 Å². The highest BCUT2D eigenvalue weighted by Crippen LogP contribution is 2.45. The number of aliphatic hydroxyl groups is 1. The van der Waals surface area contributed by atoms with Crippen molar-refractivity contribution in [3.8, 4) is 0 Å². The quantitative estimate of drug-likeness (QED) is 0.0128. The third kappa shape index (κ3) is 72.1. The van der Waals surface area contributed by atoms with Gasteiger partial charge in [0.2, 0.25) is 0 Å². The molecule has 0 aromatic carbocycles. The highest BCUT2D eigenvalue weighted by atomic mass is 31.2. The third-order valence-corrected chi connectivity index (χ3v) is 18.1. The summed E-state index contributed by atoms with van der Waals surface area (Å²) in [7, 11) is -9.98. The molecule has 17 nitrogen and oxygen atoms in total. The maximum absolute atomic E-state index is 13.1. The number of unbranched alkanes of at least 4 members (excludes halogenated alkanes) is 30. The number of hydrogen-bond acceptors (Lipinski definition) is 15. The zero-order valence-corrected chi connectivity index (χ0v) is 64.6. The molecule has 0 amide bonds. The molecule has 0 aromatic heterocycles. The van der Waals surface area contributed by atoms with Crippen molar-refractivity contribution in [3.05, 3.63) is 109 Å². The molecular formula is C81H140O17P2. The monoisotopic (exact) mass is 1450 g/mol. The van der Waals surface area contributed by atoms with Crippen molar-refractivity contribution < 1.29 is 80.2 Å². The van der Waals surface area contributed by atoms with E-state index in [4.69, 9.17) is 37.0 Å². The summed E-state index contributed by atoms with van der Waals surface area (Å²) < 4.78 is 68.4. The van der Waals surface area contributed by atoms with Gasteiger partial charge in [0.25, 0.3) is 0 Å². The van der Waals surface area contributed by atoms with E-state index in [1.807, 2.05) is 12.2 Å². The standard InChI is InChI=1S/C81H140O17P2/c1-5-9-13-17-21-25-29-33-36-37-40-44-48-52-56-60-64-68-81(86)98-77(72-92-79(84)66-62-58-54-50-46-43-39-35-31-27-23-19-15-11-7-3)74-96-100(89,90)94-70-75(82)69-93-99(87,88)95-73-76(97-80(85)67-63-59-55-51-47-41-32-28-24-20-16-12-8-4)71-91-78(83)65-61-57-53-49-45-42-38-34-30-26-22-18-14-10-6-2/h21,23,25-28,30,32-36,38-40,44,52,56,75-77,82H,5-20,22,24,29,31,37,41-43,45-51,53-55,57-74H2,1-4H3,(H,87,88)(H,89,90)/b25-21-,27-23-,30-26-,32-28-,36-33-,38-34-,39-35-,44-40-,56-52-/t75-,76+,77+/m0/s1. The van der Waals surface area contributed by atoms with Crippen LogP contribution in [0.2, 0.25) is 0 Å². The smallest absolute Gasteiger partial charge is 0.462 e. The van der Waals surface area contributed by atoms with Gasteiger partial charge in [0, 0.05) is 25.7 Å². The van der Waals surface area contributed by atoms with E-state index < -0.39 is 97.5 Å². The number of rotatable bonds is 73. The van der Waals surface area contributed by atoms with Crippen molar-refractivity contribution in [1.82, 2.24) is 0 Å². The molecule has 0 rings (SSSR count). The summed E-state index contributed by atoms with van der Waals surface area (Å²) in [6.45, 7) is 4.69. The summed E-state index contributed by atoms with van der Waals surface area (Å²) in [5.41, 5.74) is 0. The minimum absolute atomic E-state index is 0.0147. The van der Waals surface area contributed by atoms with Crippen molar-refractivity contribution in [1.29, 1.82) is 0 Å². The number of ether oxygens (including phenoxy) is 4. The molecule has 100 heavy (non-hydrogen) atoms. The van der Waals surface area contributed by atoms with Gasteiger partial charge in [0.05, 0.1) is 26.4 Å². The molecule has 0 spiro atoms. The second-order valence-electron chi connectivity index (χ2n) is 26.0. The second kappa shape index (κ2) is 73.0. The Hall–Kier alpha value is -4.28. The van der Waals surface area contributed by atoms with Gasteiger partial charge < -0.3 is 33.8 Å². The lowest BCUT2D eigenvalue weighted by Crippen LogP contribution is -2.30. The SMILES string of the molecule is CCCCC/C=C\C/C=C\C/C=C\C/C=C\CCCC(=O)O[C@H](COC(=O)CCCCCCC/C=C\C/C=C\CCCCC)COP(=O)(O)OC[C@@H](O)COP(=O)(O)OC[C@@H](COC(=O)CCCCCCC/C=C\C=C/CCCCCC)OC(=O)CCCCCCC/C=C\CCCCCC. The Labute approximate surface area is 607 Å². The molecule has 5 atom stereocenters. The molecule has 0 aliphatic rings. The number of phosphoric ester groups is 2. The van der Waals surface area contributed by atoms with Crippen LogP contribution in [-0.2, 0) is 65.4 Å². The van der Waals surface area contributed by atoms with E-state index in [1.54, 1.807) is 0 Å². The minimum Gasteiger partial charge on any atom is -0.462 e. The molecule has 19 heteroatoms. The number of phosphoric acid groups is 2. The largest absolute Gasteiger partial charge is 0.472 e. The molecule has 0 fully saturated rings. The van der Waals surface area contributed by atoms with E-state index in [1.165, 1.54) is 89.9 Å². The number of allylic oxidation sites excluding steroid dienone is 18. The number of carbonyl (C=O) groups is 4. The number of hydrogen-bond donors (Lipinski definition) is 3. The van der Waals surface area contributed by atoms with Gasteiger partial charge in [-0.25, -0.2) is 9.13 Å². The predicted molar refractivity (Wildman–Crippen MR) is 408 cm³/mol. The first-order chi connectivity index (χ1) is 48.7. The fourth-order valence-electron chi connectivity index (χ4n) is 10.2. The molecule has 0 aliphatic carbocycles. The molecule has 0 radical (unpaired) electrons. The van der Waals surface area contributed by atoms with E-state index in [0.29, 0.717) is 32.1 Å². The Kier molecular flexibility index (Phi) is 69.9. The minimum atomic E-state index is -4.99. The number of aliphatic hydroxyl groups excluding tert-OH is 1. The summed E-state index contributed by atoms with van der Waals surface area (Å²) in [5, 5.41) is 10.6. The highest BCUT2D eigenvalue weighted by Gasteiger charge is 2.30. The van der Waals surface area contributed by atoms with E-state index >= 15 is 0 Å². The normalized spacial score (nSPS) is 14.5. The van der Waals surface area contributed by atoms with Gasteiger partial charge in [-0.15, -0.1) is 0 Å². The average Bonchev–Trinajstić information content (AvgIpc) is 0.962. The fourth-order valence-corrected chi connectivity index (χ4v) is 11.7. The molecule has 3 N–H and O–H groups in total. The van der Waals surface area contributed by atoms with Gasteiger partial charge >= 0.3 is 39.5 Å². The van der Waals surface area contributed by atoms with Gasteiger partial charge in [-0.3, -0.25) is 37.3 Å². The van der Waals surface area contributed by atoms with Crippen LogP contribution < -0.4 is 0 Å². The first-order valence-electron chi connectivity index (χ1n) is 39.1. The van der Waals surface area contributed by atoms with E-state index in [9.17, 15) is 43.2 Å². The van der Waals surface area contributed by atoms with Gasteiger partial charge in [-0.05, 0) is 148 Å². The summed E-state index contributed by atoms with van der Waals surface area (Å²) >= 11 is 0. The lowest BCUT2D eigenvalue weighted by Gasteiger charge is -2.21. The molecule has 0 aliphatic heterocycles. The van der Waals surface area contributed by atoms with Crippen LogP contribution >= 0.6 is 15.6 Å². The zero-order valence-electron chi connectivity index (χ0n) is 62.8. The highest BCUT2D eigenvalue weighted by molar-refractivity contribution is 7.47. The van der Waals surface area contributed by atoms with Gasteiger partial charge in [0.15, 0.2) is 12.2 Å². The van der Waals surface area contributed by atoms with Crippen LogP contribution in [0.4, 0.5) is 0 Å². The average molecular weight is 1450 g/mol. The van der Waals surface area contributed by atoms with E-state index in [-0.39, 0.29) is 25.7 Å². The first-order valence-corrected chi connectivity index (χ1v) is 42.1. The summed E-state index contributed by atoms with van der Waals surface area (Å²) in [4.78, 5) is 72.9. The number of esters is 4. The van der Waals surface area contributed by atoms with Gasteiger partial charge in [-0.2, -0.15) is 0 Å². The lowest BCUT2D eigenvalue weighted by molar-refractivity contribution is -0.161. The lowest BCUT2D eigenvalue weighted by atomic mass is 10.1. The molecular weight excluding hydrogens is 1310 g/mol. The summed E-state index contributed by atoms with van der Waals surface area (Å²) in [5.74, 6) is -2.28. The van der Waals surface area contributed by atoms with Crippen molar-refractivity contribution >= 4 is 39.5 Å². The summed E-state index contributed by atoms with van der Waals surface area (Å²) in [6, 6.07) is 0. The Balaban J connectivity index is 5.43. The maximum atomic E-state index is 13.1. The van der Waals surface area contributed by atoms with Crippen molar-refractivity contribution in [2.75, 3.05) is 39.6 Å². The first kappa shape index (κ1) is 95.7. The maximum Gasteiger partial charge on any atom is 0.472 e. The number of carbonyl (C=O) groups excluding carboxylic acids is 4. The predicted octanol–water partition coefficient (Wildman–Crippen LogP) is 22.6. The molecule has 0 saturated heterocycles. The van der Waals surface area contributed by atoms with Crippen LogP contribution in [-0.4, -0.2) is 96.7 Å². The topological polar surface area (TPSA) is 237 Å². The van der Waals surface area contributed by atoms with Crippen LogP contribution in [0.1, 0.15) is 323 Å². The molecule has 0 aromatic rings. The Morgan fingerprint density at radius 1 is 0.290 bits per heavy atom. The molecule has 576 valence electrons. The molecule has 0 bridgehead atoms. The second-order valence-corrected chi connectivity index (χ2v) is 28.9. The fraction of sp³-hybridized carbons (Fsp3) is 0.728. The van der Waals surface area contributed by atoms with Gasteiger partial charge in [-0.1, -0.05) is 259 Å². The van der Waals surface area contributed by atoms with Crippen LogP contribution in [0, 0.1) is 0 Å². The zero-order chi connectivity index (χ0) is 73.2. The Morgan fingerprint density at radius 3 is 0.880 bits per heavy atom. The van der Waals surface area contributed by atoms with E-state index in [0.717, 1.165) is 148 Å². The Bertz CT molecular complexity index is 2320. The molecule has 0 saturated carbocycles. The van der Waals surface area contributed by atoms with Crippen LogP contribution in [0.3, 0.4) is 0 Å². The van der Waals surface area contributed by atoms with E-state index in [2.05, 4.69) is 125 Å². The van der Waals surface area contributed by atoms with Gasteiger partial charge in [0.1, 0.15) is 19.3 Å². The van der Waals surface area contributed by atoms with Crippen molar-refractivity contribution in [2.45, 2.75) is 341 Å². The van der Waals surface area contributed by atoms with Crippen molar-refractivity contribution in [3.63, 3.8) is 0 Å². The van der Waals surface area contributed by atoms with Crippen LogP contribution in [0.15, 0.2) is 109 Å². The molecule has 0 heterocycles. The molecule has 2 unspecified atom stereocenters. The third-order valence-electron chi connectivity index (χ3n) is 16.2. The summed E-state index contributed by atoms with van der Waals surface area (Å²) in [6.07, 6.45) is 77.9. The Morgan fingerprint density at radius 2 is 0.530 bits per heavy atom. The van der Waals surface area contributed by atoms with Crippen LogP contribution in [0.25, 0.3) is 0 Å². The van der Waals surface area contributed by atoms with Crippen molar-refractivity contribution in [2.24, 2.45) is 0 Å².